The summed E-state index contributed by atoms with van der Waals surface area (Å²) >= 11 is 0.955. The van der Waals surface area contributed by atoms with Crippen LogP contribution in [0.4, 0.5) is 8.78 Å². The summed E-state index contributed by atoms with van der Waals surface area (Å²) in [5, 5.41) is 3.53. The van der Waals surface area contributed by atoms with Crippen molar-refractivity contribution in [3.8, 4) is 0 Å². The molecule has 1 aliphatic carbocycles. The van der Waals surface area contributed by atoms with Crippen LogP contribution >= 0.6 is 11.3 Å². The largest absolute Gasteiger partial charge is 0.349 e. The maximum atomic E-state index is 12.8. The van der Waals surface area contributed by atoms with E-state index in [0.29, 0.717) is 12.8 Å². The van der Waals surface area contributed by atoms with Gasteiger partial charge < -0.3 is 5.32 Å². The van der Waals surface area contributed by atoms with E-state index in [1.165, 1.54) is 11.4 Å². The average Bonchev–Trinajstić information content (AvgIpc) is 3.01. The second-order valence-corrected chi connectivity index (χ2v) is 8.77. The maximum Gasteiger partial charge on any atom is 0.265 e. The predicted molar refractivity (Wildman–Crippen MR) is 87.2 cm³/mol. The highest BCUT2D eigenvalue weighted by Gasteiger charge is 2.40. The van der Waals surface area contributed by atoms with Gasteiger partial charge in [0.2, 0.25) is 0 Å². The molecule has 2 aromatic rings. The van der Waals surface area contributed by atoms with Gasteiger partial charge in [0.05, 0.1) is 10.1 Å². The number of rotatable bonds is 5. The number of benzene rings is 1. The molecule has 1 fully saturated rings. The fraction of sp³-hybridized carbons (Fsp3) is 0.312. The lowest BCUT2D eigenvalue weighted by Crippen LogP contribution is -2.49. The van der Waals surface area contributed by atoms with E-state index in [1.54, 1.807) is 30.3 Å². The van der Waals surface area contributed by atoms with Crippen molar-refractivity contribution in [2.24, 2.45) is 0 Å². The van der Waals surface area contributed by atoms with E-state index in [1.807, 2.05) is 0 Å². The standard InChI is InChI=1S/C16H15F2NO3S2/c17-15(18)13-6-7-23-14(13)16(20)19-10-8-12(9-10)24(21,22)11-4-2-1-3-5-11/h1-7,10,12,15H,8-9H2,(H,19,20). The third kappa shape index (κ3) is 3.21. The van der Waals surface area contributed by atoms with Crippen molar-refractivity contribution < 1.29 is 22.0 Å². The SMILES string of the molecule is O=C(NC1CC(S(=O)(=O)c2ccccc2)C1)c1sccc1C(F)F. The van der Waals surface area contributed by atoms with Gasteiger partial charge in [-0.05, 0) is 36.4 Å². The summed E-state index contributed by atoms with van der Waals surface area (Å²) in [6.07, 6.45) is -2.12. The number of halogens is 2. The van der Waals surface area contributed by atoms with E-state index in [0.717, 1.165) is 11.3 Å². The zero-order chi connectivity index (χ0) is 17.3. The summed E-state index contributed by atoms with van der Waals surface area (Å²) < 4.78 is 50.4. The lowest BCUT2D eigenvalue weighted by molar-refractivity contribution is 0.0910. The number of thiophene rings is 1. The summed E-state index contributed by atoms with van der Waals surface area (Å²) in [7, 11) is -3.42. The van der Waals surface area contributed by atoms with Crippen LogP contribution in [0, 0.1) is 0 Å². The van der Waals surface area contributed by atoms with E-state index < -0.39 is 27.4 Å². The van der Waals surface area contributed by atoms with Crippen molar-refractivity contribution in [1.82, 2.24) is 5.32 Å². The summed E-state index contributed by atoms with van der Waals surface area (Å²) in [6, 6.07) is 9.07. The molecule has 1 saturated carbocycles. The molecule has 0 unspecified atom stereocenters. The molecule has 3 rings (SSSR count). The number of carbonyl (C=O) groups excluding carboxylic acids is 1. The van der Waals surface area contributed by atoms with E-state index >= 15 is 0 Å². The highest BCUT2D eigenvalue weighted by atomic mass is 32.2. The summed E-state index contributed by atoms with van der Waals surface area (Å²) in [5.41, 5.74) is -0.287. The molecule has 1 aromatic heterocycles. The molecule has 0 atom stereocenters. The first-order valence-electron chi connectivity index (χ1n) is 7.35. The minimum absolute atomic E-state index is 0.0145. The Labute approximate surface area is 142 Å². The molecule has 24 heavy (non-hydrogen) atoms. The van der Waals surface area contributed by atoms with Crippen LogP contribution in [-0.2, 0) is 9.84 Å². The number of hydrogen-bond donors (Lipinski definition) is 1. The highest BCUT2D eigenvalue weighted by Crippen LogP contribution is 2.33. The first kappa shape index (κ1) is 17.0. The van der Waals surface area contributed by atoms with Crippen molar-refractivity contribution >= 4 is 27.1 Å². The summed E-state index contributed by atoms with van der Waals surface area (Å²) in [5.74, 6) is -0.569. The quantitative estimate of drug-likeness (QED) is 0.876. The van der Waals surface area contributed by atoms with Crippen LogP contribution in [0.2, 0.25) is 0 Å². The Morgan fingerprint density at radius 2 is 1.83 bits per heavy atom. The first-order valence-corrected chi connectivity index (χ1v) is 9.77. The molecule has 0 aliphatic heterocycles. The van der Waals surface area contributed by atoms with Crippen LogP contribution in [0.5, 0.6) is 0 Å². The maximum absolute atomic E-state index is 12.8. The van der Waals surface area contributed by atoms with Crippen molar-refractivity contribution in [2.45, 2.75) is 35.5 Å². The molecule has 1 aromatic carbocycles. The van der Waals surface area contributed by atoms with Gasteiger partial charge in [0, 0.05) is 11.6 Å². The Balaban J connectivity index is 1.61. The Morgan fingerprint density at radius 1 is 1.17 bits per heavy atom. The molecule has 1 aliphatic rings. The number of hydrogen-bond acceptors (Lipinski definition) is 4. The molecule has 4 nitrogen and oxygen atoms in total. The van der Waals surface area contributed by atoms with Gasteiger partial charge in [-0.15, -0.1) is 11.3 Å². The zero-order valence-corrected chi connectivity index (χ0v) is 14.1. The van der Waals surface area contributed by atoms with Gasteiger partial charge >= 0.3 is 0 Å². The van der Waals surface area contributed by atoms with Crippen LogP contribution in [0.25, 0.3) is 0 Å². The fourth-order valence-corrected chi connectivity index (χ4v) is 5.37. The lowest BCUT2D eigenvalue weighted by atomic mass is 9.92. The molecule has 1 heterocycles. The van der Waals surface area contributed by atoms with E-state index in [2.05, 4.69) is 5.32 Å². The zero-order valence-electron chi connectivity index (χ0n) is 12.5. The Morgan fingerprint density at radius 3 is 2.46 bits per heavy atom. The normalized spacial score (nSPS) is 20.6. The van der Waals surface area contributed by atoms with Crippen molar-refractivity contribution in [3.05, 3.63) is 52.2 Å². The molecule has 0 bridgehead atoms. The van der Waals surface area contributed by atoms with Crippen LogP contribution < -0.4 is 5.32 Å². The van der Waals surface area contributed by atoms with Gasteiger partial charge in [-0.3, -0.25) is 4.79 Å². The van der Waals surface area contributed by atoms with E-state index in [9.17, 15) is 22.0 Å². The number of nitrogens with one attached hydrogen (secondary N) is 1. The predicted octanol–water partition coefficient (Wildman–Crippen LogP) is 3.42. The second kappa shape index (κ2) is 6.60. The molecule has 0 spiro atoms. The third-order valence-electron chi connectivity index (χ3n) is 4.08. The highest BCUT2D eigenvalue weighted by molar-refractivity contribution is 7.92. The number of sulfone groups is 1. The molecular formula is C16H15F2NO3S2. The Kier molecular flexibility index (Phi) is 4.69. The first-order chi connectivity index (χ1) is 11.4. The summed E-state index contributed by atoms with van der Waals surface area (Å²) in [6.45, 7) is 0. The van der Waals surface area contributed by atoms with Crippen molar-refractivity contribution in [1.29, 1.82) is 0 Å². The number of alkyl halides is 2. The average molecular weight is 371 g/mol. The van der Waals surface area contributed by atoms with Crippen LogP contribution in [0.1, 0.15) is 34.5 Å². The van der Waals surface area contributed by atoms with Crippen molar-refractivity contribution in [2.75, 3.05) is 0 Å². The van der Waals surface area contributed by atoms with Gasteiger partial charge in [-0.1, -0.05) is 18.2 Å². The van der Waals surface area contributed by atoms with Crippen LogP contribution in [-0.4, -0.2) is 25.6 Å². The molecule has 8 heteroatoms. The minimum Gasteiger partial charge on any atom is -0.349 e. The van der Waals surface area contributed by atoms with Gasteiger partial charge in [-0.25, -0.2) is 17.2 Å². The van der Waals surface area contributed by atoms with Gasteiger partial charge in [0.1, 0.15) is 4.88 Å². The number of amides is 1. The van der Waals surface area contributed by atoms with E-state index in [-0.39, 0.29) is 21.4 Å². The molecule has 0 saturated heterocycles. The summed E-state index contributed by atoms with van der Waals surface area (Å²) in [4.78, 5) is 12.3. The topological polar surface area (TPSA) is 63.2 Å². The monoisotopic (exact) mass is 371 g/mol. The fourth-order valence-electron chi connectivity index (χ4n) is 2.67. The second-order valence-electron chi connectivity index (χ2n) is 5.63. The molecule has 0 radical (unpaired) electrons. The molecule has 1 amide bonds. The smallest absolute Gasteiger partial charge is 0.265 e. The lowest BCUT2D eigenvalue weighted by Gasteiger charge is -2.35. The number of carbonyl (C=O) groups is 1. The molecule has 1 N–H and O–H groups in total. The van der Waals surface area contributed by atoms with Crippen LogP contribution in [0.3, 0.4) is 0 Å². The van der Waals surface area contributed by atoms with Gasteiger partial charge in [0.15, 0.2) is 9.84 Å². The van der Waals surface area contributed by atoms with Gasteiger partial charge in [-0.2, -0.15) is 0 Å². The third-order valence-corrected chi connectivity index (χ3v) is 7.20. The Bertz CT molecular complexity index is 828. The van der Waals surface area contributed by atoms with Crippen molar-refractivity contribution in [3.63, 3.8) is 0 Å². The molecule has 128 valence electrons. The van der Waals surface area contributed by atoms with Gasteiger partial charge in [0.25, 0.3) is 12.3 Å². The Hall–Kier alpha value is -1.80. The van der Waals surface area contributed by atoms with E-state index in [4.69, 9.17) is 0 Å². The molecular weight excluding hydrogens is 356 g/mol. The minimum atomic E-state index is -3.42. The van der Waals surface area contributed by atoms with Crippen LogP contribution in [0.15, 0.2) is 46.7 Å².